The first-order chi connectivity index (χ1) is 12.1. The molecule has 0 aliphatic carbocycles. The van der Waals surface area contributed by atoms with Crippen molar-refractivity contribution in [2.75, 3.05) is 26.2 Å². The number of nitriles is 1. The summed E-state index contributed by atoms with van der Waals surface area (Å²) < 4.78 is 27.1. The van der Waals surface area contributed by atoms with Gasteiger partial charge < -0.3 is 0 Å². The molecule has 1 atom stereocenters. The lowest BCUT2D eigenvalue weighted by Crippen LogP contribution is -2.49. The molecule has 3 rings (SSSR count). The Labute approximate surface area is 153 Å². The number of sulfonamides is 1. The maximum Gasteiger partial charge on any atom is 0.243 e. The van der Waals surface area contributed by atoms with Gasteiger partial charge in [-0.3, -0.25) is 4.90 Å². The molecule has 1 aliphatic rings. The second kappa shape index (κ2) is 7.67. The highest BCUT2D eigenvalue weighted by Crippen LogP contribution is 2.27. The van der Waals surface area contributed by atoms with Gasteiger partial charge >= 0.3 is 0 Å². The molecule has 7 heteroatoms. The molecule has 1 aromatic carbocycles. The summed E-state index contributed by atoms with van der Waals surface area (Å²) in [5, 5.41) is 11.4. The van der Waals surface area contributed by atoms with Crippen LogP contribution in [0.2, 0.25) is 0 Å². The molecule has 0 amide bonds. The fourth-order valence-electron chi connectivity index (χ4n) is 3.02. The smallest absolute Gasteiger partial charge is 0.243 e. The molecule has 0 radical (unpaired) electrons. The molecule has 0 spiro atoms. The van der Waals surface area contributed by atoms with Gasteiger partial charge in [0.15, 0.2) is 0 Å². The topological polar surface area (TPSA) is 64.4 Å². The molecule has 132 valence electrons. The predicted octanol–water partition coefficient (Wildman–Crippen LogP) is 2.88. The Bertz CT molecular complexity index is 831. The molecule has 25 heavy (non-hydrogen) atoms. The average molecular weight is 376 g/mol. The fraction of sp³-hybridized carbons (Fsp3) is 0.389. The Kier molecular flexibility index (Phi) is 5.54. The number of benzene rings is 1. The average Bonchev–Trinajstić information content (AvgIpc) is 3.17. The minimum absolute atomic E-state index is 0.298. The standard InChI is InChI=1S/C18H21N3O2S2/c1-2-15-5-7-16(8-6-15)25(22,23)21-11-9-20(10-12-21)17(14-19)18-4-3-13-24-18/h3-8,13,17H,2,9-12H2,1H3. The zero-order valence-corrected chi connectivity index (χ0v) is 15.8. The van der Waals surface area contributed by atoms with Gasteiger partial charge in [-0.05, 0) is 35.6 Å². The summed E-state index contributed by atoms with van der Waals surface area (Å²) in [5.41, 5.74) is 1.12. The minimum atomic E-state index is -3.47. The molecule has 2 aromatic rings. The maximum absolute atomic E-state index is 12.8. The molecule has 0 bridgehead atoms. The van der Waals surface area contributed by atoms with E-state index in [1.165, 1.54) is 4.31 Å². The molecule has 1 aliphatic heterocycles. The normalized spacial score (nSPS) is 17.9. The van der Waals surface area contributed by atoms with Gasteiger partial charge in [0.1, 0.15) is 6.04 Å². The van der Waals surface area contributed by atoms with Crippen molar-refractivity contribution in [3.8, 4) is 6.07 Å². The van der Waals surface area contributed by atoms with E-state index in [-0.39, 0.29) is 6.04 Å². The molecule has 1 fully saturated rings. The van der Waals surface area contributed by atoms with Gasteiger partial charge in [0.05, 0.1) is 11.0 Å². The quantitative estimate of drug-likeness (QED) is 0.806. The number of hydrogen-bond donors (Lipinski definition) is 0. The highest BCUT2D eigenvalue weighted by molar-refractivity contribution is 7.89. The summed E-state index contributed by atoms with van der Waals surface area (Å²) in [7, 11) is -3.47. The van der Waals surface area contributed by atoms with E-state index in [2.05, 4.69) is 11.0 Å². The first-order valence-corrected chi connectivity index (χ1v) is 10.6. The third-order valence-electron chi connectivity index (χ3n) is 4.54. The van der Waals surface area contributed by atoms with Crippen molar-refractivity contribution in [2.45, 2.75) is 24.3 Å². The van der Waals surface area contributed by atoms with E-state index in [4.69, 9.17) is 0 Å². The van der Waals surface area contributed by atoms with Crippen LogP contribution in [0.25, 0.3) is 0 Å². The molecule has 0 saturated carbocycles. The zero-order valence-electron chi connectivity index (χ0n) is 14.1. The van der Waals surface area contributed by atoms with Gasteiger partial charge in [0.2, 0.25) is 10.0 Å². The Morgan fingerprint density at radius 2 is 1.84 bits per heavy atom. The Hall–Kier alpha value is -1.72. The van der Waals surface area contributed by atoms with Gasteiger partial charge in [-0.2, -0.15) is 9.57 Å². The lowest BCUT2D eigenvalue weighted by molar-refractivity contribution is 0.164. The van der Waals surface area contributed by atoms with E-state index in [1.54, 1.807) is 23.5 Å². The summed E-state index contributed by atoms with van der Waals surface area (Å²) >= 11 is 1.56. The lowest BCUT2D eigenvalue weighted by Gasteiger charge is -2.35. The highest BCUT2D eigenvalue weighted by atomic mass is 32.2. The van der Waals surface area contributed by atoms with Crippen LogP contribution in [-0.2, 0) is 16.4 Å². The number of hydrogen-bond acceptors (Lipinski definition) is 5. The van der Waals surface area contributed by atoms with E-state index in [1.807, 2.05) is 36.6 Å². The number of thiophene rings is 1. The van der Waals surface area contributed by atoms with E-state index < -0.39 is 10.0 Å². The van der Waals surface area contributed by atoms with Crippen molar-refractivity contribution in [3.05, 3.63) is 52.2 Å². The van der Waals surface area contributed by atoms with Crippen LogP contribution < -0.4 is 0 Å². The first kappa shape index (κ1) is 18.1. The van der Waals surface area contributed by atoms with Crippen LogP contribution in [0.4, 0.5) is 0 Å². The summed E-state index contributed by atoms with van der Waals surface area (Å²) in [6, 6.07) is 13.0. The predicted molar refractivity (Wildman–Crippen MR) is 98.8 cm³/mol. The van der Waals surface area contributed by atoms with Crippen LogP contribution >= 0.6 is 11.3 Å². The Morgan fingerprint density at radius 1 is 1.16 bits per heavy atom. The van der Waals surface area contributed by atoms with Gasteiger partial charge in [0.25, 0.3) is 0 Å². The van der Waals surface area contributed by atoms with Crippen molar-refractivity contribution in [3.63, 3.8) is 0 Å². The van der Waals surface area contributed by atoms with E-state index in [9.17, 15) is 13.7 Å². The summed E-state index contributed by atoms with van der Waals surface area (Å²) in [6.07, 6.45) is 0.886. The second-order valence-corrected chi connectivity index (χ2v) is 8.90. The Balaban J connectivity index is 1.69. The van der Waals surface area contributed by atoms with Crippen LogP contribution in [0.3, 0.4) is 0 Å². The molecule has 1 unspecified atom stereocenters. The molecular weight excluding hydrogens is 354 g/mol. The van der Waals surface area contributed by atoms with Crippen LogP contribution in [0.5, 0.6) is 0 Å². The van der Waals surface area contributed by atoms with Crippen molar-refractivity contribution < 1.29 is 8.42 Å². The molecule has 1 saturated heterocycles. The van der Waals surface area contributed by atoms with E-state index in [0.29, 0.717) is 31.1 Å². The van der Waals surface area contributed by atoms with Crippen molar-refractivity contribution in [1.82, 2.24) is 9.21 Å². The molecule has 1 aromatic heterocycles. The third-order valence-corrected chi connectivity index (χ3v) is 7.38. The number of piperazine rings is 1. The highest BCUT2D eigenvalue weighted by Gasteiger charge is 2.31. The lowest BCUT2D eigenvalue weighted by atomic mass is 10.2. The van der Waals surface area contributed by atoms with Crippen molar-refractivity contribution in [2.24, 2.45) is 0 Å². The number of nitrogens with zero attached hydrogens (tertiary/aromatic N) is 3. The molecule has 5 nitrogen and oxygen atoms in total. The Morgan fingerprint density at radius 3 is 2.36 bits per heavy atom. The van der Waals surface area contributed by atoms with Gasteiger partial charge in [-0.25, -0.2) is 8.42 Å². The van der Waals surface area contributed by atoms with Crippen LogP contribution in [0.1, 0.15) is 23.4 Å². The number of aryl methyl sites for hydroxylation is 1. The SMILES string of the molecule is CCc1ccc(S(=O)(=O)N2CCN(C(C#N)c3cccs3)CC2)cc1. The molecular formula is C18H21N3O2S2. The van der Waals surface area contributed by atoms with Crippen LogP contribution in [0, 0.1) is 11.3 Å². The first-order valence-electron chi connectivity index (χ1n) is 8.32. The third kappa shape index (κ3) is 3.77. The summed E-state index contributed by atoms with van der Waals surface area (Å²) in [6.45, 7) is 3.97. The minimum Gasteiger partial charge on any atom is -0.281 e. The van der Waals surface area contributed by atoms with E-state index in [0.717, 1.165) is 16.9 Å². The zero-order chi connectivity index (χ0) is 17.9. The summed E-state index contributed by atoms with van der Waals surface area (Å²) in [5.74, 6) is 0. The maximum atomic E-state index is 12.8. The van der Waals surface area contributed by atoms with Gasteiger partial charge in [0, 0.05) is 31.1 Å². The molecule has 2 heterocycles. The van der Waals surface area contributed by atoms with Crippen molar-refractivity contribution >= 4 is 21.4 Å². The monoisotopic (exact) mass is 375 g/mol. The molecule has 0 N–H and O–H groups in total. The van der Waals surface area contributed by atoms with Gasteiger partial charge in [-0.15, -0.1) is 11.3 Å². The largest absolute Gasteiger partial charge is 0.281 e. The van der Waals surface area contributed by atoms with Crippen LogP contribution in [0.15, 0.2) is 46.7 Å². The van der Waals surface area contributed by atoms with Gasteiger partial charge in [-0.1, -0.05) is 25.1 Å². The van der Waals surface area contributed by atoms with Crippen LogP contribution in [-0.4, -0.2) is 43.8 Å². The fourth-order valence-corrected chi connectivity index (χ4v) is 5.24. The number of rotatable bonds is 5. The van der Waals surface area contributed by atoms with Crippen molar-refractivity contribution in [1.29, 1.82) is 5.26 Å². The second-order valence-electron chi connectivity index (χ2n) is 5.98. The summed E-state index contributed by atoms with van der Waals surface area (Å²) in [4.78, 5) is 3.40. The van der Waals surface area contributed by atoms with E-state index >= 15 is 0 Å².